The summed E-state index contributed by atoms with van der Waals surface area (Å²) in [5.41, 5.74) is 3.46. The number of nitrogens with one attached hydrogen (secondary N) is 1. The van der Waals surface area contributed by atoms with Gasteiger partial charge in [-0.1, -0.05) is 58.1 Å². The number of nitrogens with zero attached hydrogens (tertiary/aromatic N) is 1. The Hall–Kier alpha value is -3.06. The maximum absolute atomic E-state index is 13.3. The van der Waals surface area contributed by atoms with Crippen molar-refractivity contribution < 1.29 is 66.4 Å². The summed E-state index contributed by atoms with van der Waals surface area (Å²) >= 11 is 3.30. The number of hydrogen-bond donors (Lipinski definition) is 1. The van der Waals surface area contributed by atoms with Crippen LogP contribution in [0.1, 0.15) is 29.5 Å². The van der Waals surface area contributed by atoms with E-state index in [9.17, 15) is 9.59 Å². The number of hydrogen-bond acceptors (Lipinski definition) is 14. The van der Waals surface area contributed by atoms with Crippen LogP contribution in [0.15, 0.2) is 48.5 Å². The van der Waals surface area contributed by atoms with Gasteiger partial charge in [0.15, 0.2) is 0 Å². The summed E-state index contributed by atoms with van der Waals surface area (Å²) in [5.74, 6) is 6.16. The number of carbonyl (C=O) groups is 2. The highest BCUT2D eigenvalue weighted by Crippen LogP contribution is 2.25. The highest BCUT2D eigenvalue weighted by Gasteiger charge is 2.21. The summed E-state index contributed by atoms with van der Waals surface area (Å²) in [5, 5.41) is 3.65. The molecule has 0 aliphatic carbocycles. The van der Waals surface area contributed by atoms with Crippen LogP contribution >= 0.6 is 15.9 Å². The van der Waals surface area contributed by atoms with Crippen LogP contribution in [0.25, 0.3) is 0 Å². The molecule has 348 valence electrons. The molecule has 17 heteroatoms. The van der Waals surface area contributed by atoms with E-state index < -0.39 is 0 Å². The van der Waals surface area contributed by atoms with Crippen molar-refractivity contribution in [2.45, 2.75) is 19.4 Å². The van der Waals surface area contributed by atoms with Crippen molar-refractivity contribution in [3.8, 4) is 11.8 Å². The fraction of sp³-hybridized carbons (Fsp3) is 0.644. The normalized spacial score (nSPS) is 12.0. The quantitative estimate of drug-likeness (QED) is 0.0587. The van der Waals surface area contributed by atoms with E-state index in [1.165, 1.54) is 0 Å². The minimum absolute atomic E-state index is 0.0828. The molecule has 2 aromatic carbocycles. The van der Waals surface area contributed by atoms with E-state index in [0.29, 0.717) is 159 Å². The molecule has 1 N–H and O–H groups in total. The fourth-order valence-corrected chi connectivity index (χ4v) is 5.71. The van der Waals surface area contributed by atoms with E-state index in [1.54, 1.807) is 4.90 Å². The van der Waals surface area contributed by atoms with Crippen LogP contribution in [-0.2, 0) is 73.0 Å². The zero-order valence-corrected chi connectivity index (χ0v) is 37.8. The summed E-state index contributed by atoms with van der Waals surface area (Å²) in [6.45, 7) is 12.3. The third-order valence-electron chi connectivity index (χ3n) is 8.62. The number of rotatable bonds is 41. The van der Waals surface area contributed by atoms with Crippen LogP contribution in [0.3, 0.4) is 0 Å². The van der Waals surface area contributed by atoms with Gasteiger partial charge < -0.3 is 67.1 Å². The Balaban J connectivity index is 0.975. The van der Waals surface area contributed by atoms with Gasteiger partial charge in [-0.2, -0.15) is 0 Å². The lowest BCUT2D eigenvalue weighted by molar-refractivity contribution is -0.122. The van der Waals surface area contributed by atoms with Crippen molar-refractivity contribution in [3.05, 3.63) is 65.2 Å². The Morgan fingerprint density at radius 2 is 0.823 bits per heavy atom. The van der Waals surface area contributed by atoms with E-state index in [-0.39, 0.29) is 37.8 Å². The van der Waals surface area contributed by atoms with Crippen molar-refractivity contribution in [1.82, 2.24) is 5.32 Å². The molecule has 0 unspecified atom stereocenters. The van der Waals surface area contributed by atoms with Gasteiger partial charge in [-0.3, -0.25) is 9.59 Å². The molecule has 1 aliphatic heterocycles. The molecule has 3 rings (SSSR count). The summed E-state index contributed by atoms with van der Waals surface area (Å²) in [7, 11) is 0. The average molecular weight is 940 g/mol. The van der Waals surface area contributed by atoms with Crippen LogP contribution in [0.5, 0.6) is 0 Å². The molecule has 0 radical (unpaired) electrons. The molecule has 0 fully saturated rings. The van der Waals surface area contributed by atoms with Crippen molar-refractivity contribution in [1.29, 1.82) is 0 Å². The molecule has 0 saturated carbocycles. The molecular formula is C45H67BrN2O14. The molecule has 0 atom stereocenters. The van der Waals surface area contributed by atoms with Gasteiger partial charge in [0.2, 0.25) is 11.8 Å². The number of amides is 2. The lowest BCUT2D eigenvalue weighted by Crippen LogP contribution is -2.35. The maximum atomic E-state index is 13.3. The van der Waals surface area contributed by atoms with E-state index in [2.05, 4.69) is 33.1 Å². The van der Waals surface area contributed by atoms with Crippen molar-refractivity contribution in [2.75, 3.05) is 175 Å². The number of anilines is 1. The first-order chi connectivity index (χ1) is 30.7. The number of carbonyl (C=O) groups excluding carboxylic acids is 2. The monoisotopic (exact) mass is 938 g/mol. The van der Waals surface area contributed by atoms with Gasteiger partial charge in [0.25, 0.3) is 0 Å². The molecular weight excluding hydrogens is 872 g/mol. The Kier molecular flexibility index (Phi) is 33.0. The third-order valence-corrected chi connectivity index (χ3v) is 8.95. The Labute approximate surface area is 375 Å². The molecule has 1 aliphatic rings. The van der Waals surface area contributed by atoms with Crippen LogP contribution in [0, 0.1) is 11.8 Å². The number of ether oxygens (including phenoxy) is 12. The minimum Gasteiger partial charge on any atom is -0.379 e. The Bertz CT molecular complexity index is 1500. The topological polar surface area (TPSA) is 160 Å². The largest absolute Gasteiger partial charge is 0.379 e. The van der Waals surface area contributed by atoms with Crippen LogP contribution in [0.2, 0.25) is 0 Å². The van der Waals surface area contributed by atoms with Gasteiger partial charge in [-0.15, -0.1) is 0 Å². The molecule has 0 bridgehead atoms. The van der Waals surface area contributed by atoms with Crippen LogP contribution in [0.4, 0.5) is 5.69 Å². The summed E-state index contributed by atoms with van der Waals surface area (Å²) in [6.07, 6.45) is 0.367. The number of alkyl halides is 1. The maximum Gasteiger partial charge on any atom is 0.229 e. The lowest BCUT2D eigenvalue weighted by Gasteiger charge is -2.26. The minimum atomic E-state index is -0.173. The Morgan fingerprint density at radius 3 is 1.26 bits per heavy atom. The molecule has 62 heavy (non-hydrogen) atoms. The van der Waals surface area contributed by atoms with Crippen molar-refractivity contribution in [2.24, 2.45) is 0 Å². The molecule has 1 heterocycles. The predicted octanol–water partition coefficient (Wildman–Crippen LogP) is 3.42. The lowest BCUT2D eigenvalue weighted by atomic mass is 10.0. The summed E-state index contributed by atoms with van der Waals surface area (Å²) < 4.78 is 65.7. The van der Waals surface area contributed by atoms with Crippen LogP contribution < -0.4 is 10.2 Å². The molecule has 0 spiro atoms. The number of benzene rings is 2. The number of fused-ring (bicyclic) bond motifs is 2. The van der Waals surface area contributed by atoms with Crippen molar-refractivity contribution in [3.63, 3.8) is 0 Å². The van der Waals surface area contributed by atoms with Gasteiger partial charge in [0.1, 0.15) is 0 Å². The second-order valence-corrected chi connectivity index (χ2v) is 14.1. The number of para-hydroxylation sites is 1. The van der Waals surface area contributed by atoms with E-state index >= 15 is 0 Å². The first-order valence-corrected chi connectivity index (χ1v) is 22.6. The van der Waals surface area contributed by atoms with Gasteiger partial charge >= 0.3 is 0 Å². The molecule has 2 amide bonds. The van der Waals surface area contributed by atoms with E-state index in [1.807, 2.05) is 48.5 Å². The van der Waals surface area contributed by atoms with Gasteiger partial charge in [-0.05, 0) is 23.8 Å². The third kappa shape index (κ3) is 27.2. The second kappa shape index (κ2) is 38.4. The smallest absolute Gasteiger partial charge is 0.229 e. The standard InChI is InChI=1S/C45H67BrN2O14/c46-13-16-52-18-20-54-22-24-56-26-28-58-30-32-60-34-36-62-38-37-61-35-33-59-31-29-57-27-25-55-23-21-53-19-17-51-15-12-44(49)47-14-11-45(50)48-39-42-7-2-1-5-40(42)9-10-41-6-3-4-8-43(41)48/h1-8H,11-39H2,(H,47,49). The van der Waals surface area contributed by atoms with Gasteiger partial charge in [0.05, 0.1) is 171 Å². The SMILES string of the molecule is O=C(CCOCCOCCOCCOCCOCCOCCOCCOCCOCCOCCOCCOCCBr)NCCC(=O)N1Cc2ccccc2C#Cc2ccccc21. The van der Waals surface area contributed by atoms with Gasteiger partial charge in [-0.25, -0.2) is 0 Å². The summed E-state index contributed by atoms with van der Waals surface area (Å²) in [6, 6.07) is 15.5. The summed E-state index contributed by atoms with van der Waals surface area (Å²) in [4.78, 5) is 27.4. The average Bonchev–Trinajstić information content (AvgIpc) is 3.28. The molecule has 2 aromatic rings. The van der Waals surface area contributed by atoms with E-state index in [0.717, 1.165) is 27.7 Å². The Morgan fingerprint density at radius 1 is 0.468 bits per heavy atom. The molecule has 0 saturated heterocycles. The van der Waals surface area contributed by atoms with E-state index in [4.69, 9.17) is 56.8 Å². The first kappa shape index (κ1) is 53.3. The predicted molar refractivity (Wildman–Crippen MR) is 236 cm³/mol. The molecule has 16 nitrogen and oxygen atoms in total. The van der Waals surface area contributed by atoms with Crippen LogP contribution in [-0.4, -0.2) is 182 Å². The second-order valence-electron chi connectivity index (χ2n) is 13.3. The first-order valence-electron chi connectivity index (χ1n) is 21.4. The zero-order chi connectivity index (χ0) is 43.8. The number of halogens is 1. The van der Waals surface area contributed by atoms with Gasteiger partial charge in [0, 0.05) is 35.8 Å². The fourth-order valence-electron chi connectivity index (χ4n) is 5.48. The molecule has 0 aromatic heterocycles. The van der Waals surface area contributed by atoms with Crippen molar-refractivity contribution >= 4 is 33.4 Å². The highest BCUT2D eigenvalue weighted by atomic mass is 79.9. The zero-order valence-electron chi connectivity index (χ0n) is 36.2. The highest BCUT2D eigenvalue weighted by molar-refractivity contribution is 9.09.